The Bertz CT molecular complexity index is 911. The fraction of sp³-hybridized carbons (Fsp3) is 0.222. The molecule has 0 aliphatic heterocycles. The molecule has 0 fully saturated rings. The highest BCUT2D eigenvalue weighted by molar-refractivity contribution is 7.71. The molecule has 0 aliphatic rings. The first kappa shape index (κ1) is 18.3. The van der Waals surface area contributed by atoms with Gasteiger partial charge < -0.3 is 14.9 Å². The number of hydrogen-bond donors (Lipinski definition) is 2. The summed E-state index contributed by atoms with van der Waals surface area (Å²) >= 11 is 11.6. The molecular weight excluding hydrogens is 372 g/mol. The zero-order valence-electron chi connectivity index (χ0n) is 14.2. The molecule has 3 aromatic rings. The first-order valence-corrected chi connectivity index (χ1v) is 8.94. The van der Waals surface area contributed by atoms with Crippen LogP contribution in [-0.4, -0.2) is 21.5 Å². The third-order valence-corrected chi connectivity index (χ3v) is 4.17. The van der Waals surface area contributed by atoms with Gasteiger partial charge in [0.15, 0.2) is 11.5 Å². The van der Waals surface area contributed by atoms with Crippen molar-refractivity contribution in [2.24, 2.45) is 0 Å². The Kier molecular flexibility index (Phi) is 6.14. The highest BCUT2D eigenvalue weighted by atomic mass is 35.5. The Labute approximate surface area is 161 Å². The van der Waals surface area contributed by atoms with E-state index in [1.54, 1.807) is 11.0 Å². The van der Waals surface area contributed by atoms with Gasteiger partial charge in [0, 0.05) is 0 Å². The molecule has 6 nitrogen and oxygen atoms in total. The molecule has 2 N–H and O–H groups in total. The van der Waals surface area contributed by atoms with Crippen molar-refractivity contribution < 1.29 is 9.47 Å². The number of rotatable bonds is 8. The molecule has 0 saturated heterocycles. The van der Waals surface area contributed by atoms with Gasteiger partial charge >= 0.3 is 0 Å². The van der Waals surface area contributed by atoms with Gasteiger partial charge in [0.25, 0.3) is 0 Å². The van der Waals surface area contributed by atoms with Crippen LogP contribution >= 0.6 is 23.8 Å². The number of hydrogen-bond acceptors (Lipinski definition) is 5. The second-order valence-corrected chi connectivity index (χ2v) is 6.27. The minimum Gasteiger partial charge on any atom is -0.490 e. The molecule has 0 aliphatic carbocycles. The topological polar surface area (TPSA) is 64.1 Å². The van der Waals surface area contributed by atoms with E-state index in [1.807, 2.05) is 49.4 Å². The standard InChI is InChI=1S/C18H19ClN4O2S/c1-2-24-16-9-14(10-21-23-12-20-22-18(23)26)8-15(19)17(16)25-11-13-6-4-3-5-7-13/h3-9,12,21H,2,10-11H2,1H3,(H,22,26). The zero-order valence-corrected chi connectivity index (χ0v) is 15.8. The summed E-state index contributed by atoms with van der Waals surface area (Å²) in [6.45, 7) is 3.36. The van der Waals surface area contributed by atoms with Crippen molar-refractivity contribution in [2.75, 3.05) is 12.0 Å². The van der Waals surface area contributed by atoms with Crippen molar-refractivity contribution in [2.45, 2.75) is 20.1 Å². The second kappa shape index (κ2) is 8.73. The van der Waals surface area contributed by atoms with Gasteiger partial charge in [0.2, 0.25) is 4.77 Å². The first-order valence-electron chi connectivity index (χ1n) is 8.15. The fourth-order valence-electron chi connectivity index (χ4n) is 2.39. The minimum atomic E-state index is 0.419. The van der Waals surface area contributed by atoms with E-state index in [0.29, 0.717) is 41.1 Å². The lowest BCUT2D eigenvalue weighted by Crippen LogP contribution is -2.13. The molecule has 136 valence electrons. The molecule has 26 heavy (non-hydrogen) atoms. The highest BCUT2D eigenvalue weighted by Crippen LogP contribution is 2.37. The van der Waals surface area contributed by atoms with Crippen LogP contribution in [0.5, 0.6) is 11.5 Å². The second-order valence-electron chi connectivity index (χ2n) is 5.48. The Morgan fingerprint density at radius 1 is 1.19 bits per heavy atom. The lowest BCUT2D eigenvalue weighted by molar-refractivity contribution is 0.269. The molecule has 0 bridgehead atoms. The molecule has 8 heteroatoms. The SMILES string of the molecule is CCOc1cc(CNn2cn[nH]c2=S)cc(Cl)c1OCc1ccccc1. The zero-order chi connectivity index (χ0) is 18.4. The lowest BCUT2D eigenvalue weighted by atomic mass is 10.2. The quantitative estimate of drug-likeness (QED) is 0.561. The van der Waals surface area contributed by atoms with Crippen LogP contribution in [0.15, 0.2) is 48.8 Å². The molecule has 0 saturated carbocycles. The molecule has 1 heterocycles. The predicted molar refractivity (Wildman–Crippen MR) is 104 cm³/mol. The van der Waals surface area contributed by atoms with E-state index in [-0.39, 0.29) is 0 Å². The van der Waals surface area contributed by atoms with Crippen molar-refractivity contribution in [1.29, 1.82) is 0 Å². The normalized spacial score (nSPS) is 10.5. The van der Waals surface area contributed by atoms with Crippen LogP contribution in [0, 0.1) is 4.77 Å². The number of benzene rings is 2. The molecule has 0 radical (unpaired) electrons. The summed E-state index contributed by atoms with van der Waals surface area (Å²) in [4.78, 5) is 0. The monoisotopic (exact) mass is 390 g/mol. The molecule has 2 aromatic carbocycles. The number of nitrogens with zero attached hydrogens (tertiary/aromatic N) is 2. The van der Waals surface area contributed by atoms with E-state index < -0.39 is 0 Å². The smallest absolute Gasteiger partial charge is 0.214 e. The number of aromatic nitrogens is 3. The van der Waals surface area contributed by atoms with Gasteiger partial charge in [-0.25, -0.2) is 4.68 Å². The molecular formula is C18H19ClN4O2S. The number of ether oxygens (including phenoxy) is 2. The summed E-state index contributed by atoms with van der Waals surface area (Å²) in [5, 5.41) is 7.05. The minimum absolute atomic E-state index is 0.419. The molecule has 3 rings (SSSR count). The Hall–Kier alpha value is -2.51. The van der Waals surface area contributed by atoms with Gasteiger partial charge in [-0.3, -0.25) is 5.10 Å². The molecule has 0 atom stereocenters. The van der Waals surface area contributed by atoms with Gasteiger partial charge in [0.05, 0.1) is 18.2 Å². The third-order valence-electron chi connectivity index (χ3n) is 3.60. The summed E-state index contributed by atoms with van der Waals surface area (Å²) in [6, 6.07) is 13.7. The third kappa shape index (κ3) is 4.56. The number of aromatic amines is 1. The van der Waals surface area contributed by atoms with Crippen molar-refractivity contribution in [3.8, 4) is 11.5 Å². The van der Waals surface area contributed by atoms with Crippen LogP contribution in [0.4, 0.5) is 0 Å². The van der Waals surface area contributed by atoms with E-state index in [0.717, 1.165) is 11.1 Å². The number of H-pyrrole nitrogens is 1. The summed E-state index contributed by atoms with van der Waals surface area (Å²) in [5.74, 6) is 1.16. The average Bonchev–Trinajstić information content (AvgIpc) is 3.05. The summed E-state index contributed by atoms with van der Waals surface area (Å²) in [5.41, 5.74) is 5.15. The number of halogens is 1. The summed E-state index contributed by atoms with van der Waals surface area (Å²) in [6.07, 6.45) is 1.57. The Morgan fingerprint density at radius 3 is 2.69 bits per heavy atom. The number of nitrogens with one attached hydrogen (secondary N) is 2. The van der Waals surface area contributed by atoms with Gasteiger partial charge in [-0.15, -0.1) is 0 Å². The van der Waals surface area contributed by atoms with Crippen LogP contribution in [0.2, 0.25) is 5.02 Å². The highest BCUT2D eigenvalue weighted by Gasteiger charge is 2.13. The van der Waals surface area contributed by atoms with Crippen LogP contribution in [0.1, 0.15) is 18.1 Å². The van der Waals surface area contributed by atoms with Crippen LogP contribution in [-0.2, 0) is 13.2 Å². The van der Waals surface area contributed by atoms with E-state index >= 15 is 0 Å². The van der Waals surface area contributed by atoms with Crippen LogP contribution in [0.25, 0.3) is 0 Å². The average molecular weight is 391 g/mol. The van der Waals surface area contributed by atoms with E-state index in [2.05, 4.69) is 15.6 Å². The largest absolute Gasteiger partial charge is 0.490 e. The predicted octanol–water partition coefficient (Wildman–Crippen LogP) is 4.32. The summed E-state index contributed by atoms with van der Waals surface area (Å²) in [7, 11) is 0. The first-order chi connectivity index (χ1) is 12.7. The van der Waals surface area contributed by atoms with Crippen molar-refractivity contribution in [1.82, 2.24) is 14.9 Å². The maximum absolute atomic E-state index is 6.45. The van der Waals surface area contributed by atoms with E-state index in [9.17, 15) is 0 Å². The maximum Gasteiger partial charge on any atom is 0.214 e. The van der Waals surface area contributed by atoms with Crippen LogP contribution in [0.3, 0.4) is 0 Å². The lowest BCUT2D eigenvalue weighted by Gasteiger charge is -2.16. The molecule has 0 unspecified atom stereocenters. The maximum atomic E-state index is 6.45. The van der Waals surface area contributed by atoms with Crippen molar-refractivity contribution in [3.05, 3.63) is 69.7 Å². The van der Waals surface area contributed by atoms with Crippen LogP contribution < -0.4 is 14.9 Å². The van der Waals surface area contributed by atoms with Crippen molar-refractivity contribution in [3.63, 3.8) is 0 Å². The van der Waals surface area contributed by atoms with E-state index in [4.69, 9.17) is 33.3 Å². The molecule has 1 aromatic heterocycles. The molecule has 0 spiro atoms. The van der Waals surface area contributed by atoms with Gasteiger partial charge in [-0.1, -0.05) is 41.9 Å². The Morgan fingerprint density at radius 2 is 2.00 bits per heavy atom. The van der Waals surface area contributed by atoms with Crippen molar-refractivity contribution >= 4 is 23.8 Å². The summed E-state index contributed by atoms with van der Waals surface area (Å²) < 4.78 is 13.8. The van der Waals surface area contributed by atoms with Gasteiger partial charge in [-0.2, -0.15) is 5.10 Å². The Balaban J connectivity index is 1.76. The fourth-order valence-corrected chi connectivity index (χ4v) is 2.85. The van der Waals surface area contributed by atoms with E-state index in [1.165, 1.54) is 0 Å². The van der Waals surface area contributed by atoms with Gasteiger partial charge in [-0.05, 0) is 42.4 Å². The van der Waals surface area contributed by atoms with Gasteiger partial charge in [0.1, 0.15) is 12.9 Å². The molecule has 0 amide bonds.